The summed E-state index contributed by atoms with van der Waals surface area (Å²) in [5.41, 5.74) is 2.73. The first-order valence-corrected chi connectivity index (χ1v) is 8.56. The predicted octanol–water partition coefficient (Wildman–Crippen LogP) is 1.18. The lowest BCUT2D eigenvalue weighted by Crippen LogP contribution is -2.24. The van der Waals surface area contributed by atoms with Crippen molar-refractivity contribution in [3.05, 3.63) is 34.5 Å². The first-order chi connectivity index (χ1) is 9.53. The molecule has 0 fully saturated rings. The van der Waals surface area contributed by atoms with Gasteiger partial charge in [-0.05, 0) is 42.3 Å². The number of aromatic nitrogens is 2. The molecule has 0 amide bonds. The lowest BCUT2D eigenvalue weighted by atomic mass is 10.1. The van der Waals surface area contributed by atoms with Crippen LogP contribution in [0.15, 0.2) is 21.9 Å². The second kappa shape index (κ2) is 6.49. The minimum Gasteiger partial charge on any atom is -0.392 e. The minimum absolute atomic E-state index is 0.147. The molecule has 0 spiro atoms. The highest BCUT2D eigenvalue weighted by molar-refractivity contribution is 7.91. The van der Waals surface area contributed by atoms with Gasteiger partial charge in [0.2, 0.25) is 10.0 Å². The number of aromatic amines is 1. The number of aliphatic hydroxyl groups is 1. The van der Waals surface area contributed by atoms with Gasteiger partial charge in [0.25, 0.3) is 0 Å². The Morgan fingerprint density at radius 1 is 1.50 bits per heavy atom. The van der Waals surface area contributed by atoms with Crippen LogP contribution in [0.3, 0.4) is 0 Å². The number of hydrogen-bond donors (Lipinski definition) is 3. The second-order valence-corrected chi connectivity index (χ2v) is 7.36. The molecule has 3 N–H and O–H groups in total. The third-order valence-electron chi connectivity index (χ3n) is 2.93. The summed E-state index contributed by atoms with van der Waals surface area (Å²) in [6.45, 7) is 2.17. The molecule has 20 heavy (non-hydrogen) atoms. The summed E-state index contributed by atoms with van der Waals surface area (Å²) in [7, 11) is -3.47. The molecular formula is C12H17N3O3S2. The van der Waals surface area contributed by atoms with Crippen molar-refractivity contribution in [2.75, 3.05) is 6.54 Å². The van der Waals surface area contributed by atoms with Crippen LogP contribution in [-0.2, 0) is 23.1 Å². The van der Waals surface area contributed by atoms with Crippen LogP contribution in [-0.4, -0.2) is 30.3 Å². The number of nitrogens with one attached hydrogen (secondary N) is 2. The molecule has 2 rings (SSSR count). The number of aliphatic hydroxyl groups excluding tert-OH is 1. The quantitative estimate of drug-likeness (QED) is 0.669. The fourth-order valence-corrected chi connectivity index (χ4v) is 4.08. The van der Waals surface area contributed by atoms with Crippen LogP contribution in [0.25, 0.3) is 0 Å². The van der Waals surface area contributed by atoms with Gasteiger partial charge in [0.05, 0.1) is 12.8 Å². The summed E-state index contributed by atoms with van der Waals surface area (Å²) in [4.78, 5) is 0. The van der Waals surface area contributed by atoms with Gasteiger partial charge in [-0.3, -0.25) is 5.10 Å². The Bertz CT molecular complexity index is 661. The van der Waals surface area contributed by atoms with Gasteiger partial charge in [0, 0.05) is 12.2 Å². The summed E-state index contributed by atoms with van der Waals surface area (Å²) in [5.74, 6) is 0. The van der Waals surface area contributed by atoms with Crippen LogP contribution in [0.4, 0.5) is 0 Å². The lowest BCUT2D eigenvalue weighted by Gasteiger charge is -2.04. The summed E-state index contributed by atoms with van der Waals surface area (Å²) in [6, 6.07) is 1.49. The number of sulfonamides is 1. The molecule has 0 saturated carbocycles. The van der Waals surface area contributed by atoms with E-state index in [1.165, 1.54) is 6.07 Å². The number of thiophene rings is 1. The van der Waals surface area contributed by atoms with Gasteiger partial charge >= 0.3 is 0 Å². The highest BCUT2D eigenvalue weighted by Crippen LogP contribution is 2.20. The Balaban J connectivity index is 1.85. The van der Waals surface area contributed by atoms with Crippen molar-refractivity contribution in [3.8, 4) is 0 Å². The Morgan fingerprint density at radius 3 is 2.90 bits per heavy atom. The predicted molar refractivity (Wildman–Crippen MR) is 77.1 cm³/mol. The third kappa shape index (κ3) is 3.66. The van der Waals surface area contributed by atoms with Gasteiger partial charge in [-0.15, -0.1) is 11.3 Å². The van der Waals surface area contributed by atoms with Crippen molar-refractivity contribution in [1.29, 1.82) is 0 Å². The van der Waals surface area contributed by atoms with E-state index < -0.39 is 10.0 Å². The van der Waals surface area contributed by atoms with Crippen molar-refractivity contribution in [1.82, 2.24) is 14.9 Å². The van der Waals surface area contributed by atoms with E-state index in [2.05, 4.69) is 14.9 Å². The molecule has 0 aliphatic heterocycles. The average Bonchev–Trinajstić information content (AvgIpc) is 3.04. The number of nitrogens with zero attached hydrogens (tertiary/aromatic N) is 1. The Morgan fingerprint density at radius 2 is 2.30 bits per heavy atom. The smallest absolute Gasteiger partial charge is 0.250 e. The van der Waals surface area contributed by atoms with Crippen molar-refractivity contribution in [2.45, 2.75) is 30.6 Å². The average molecular weight is 315 g/mol. The molecule has 2 heterocycles. The van der Waals surface area contributed by atoms with Crippen LogP contribution in [0.2, 0.25) is 0 Å². The van der Waals surface area contributed by atoms with Crippen LogP contribution in [0.1, 0.15) is 23.2 Å². The van der Waals surface area contributed by atoms with Crippen LogP contribution in [0.5, 0.6) is 0 Å². The molecule has 110 valence electrons. The Hall–Kier alpha value is -1.22. The largest absolute Gasteiger partial charge is 0.392 e. The molecule has 8 heteroatoms. The van der Waals surface area contributed by atoms with Crippen LogP contribution in [0, 0.1) is 6.92 Å². The van der Waals surface area contributed by atoms with E-state index in [0.717, 1.165) is 29.0 Å². The first kappa shape index (κ1) is 15.2. The summed E-state index contributed by atoms with van der Waals surface area (Å²) >= 11 is 1.11. The molecule has 0 saturated heterocycles. The van der Waals surface area contributed by atoms with Crippen molar-refractivity contribution < 1.29 is 13.5 Å². The SMILES string of the molecule is Cc1[nH]ncc1CCCNS(=O)(=O)c1cc(CO)cs1. The number of H-pyrrole nitrogens is 1. The summed E-state index contributed by atoms with van der Waals surface area (Å²) in [6.07, 6.45) is 3.24. The van der Waals surface area contributed by atoms with Crippen molar-refractivity contribution in [2.24, 2.45) is 0 Å². The van der Waals surface area contributed by atoms with E-state index in [1.807, 2.05) is 6.92 Å². The van der Waals surface area contributed by atoms with Crippen molar-refractivity contribution >= 4 is 21.4 Å². The normalized spacial score (nSPS) is 11.9. The lowest BCUT2D eigenvalue weighted by molar-refractivity contribution is 0.282. The molecule has 6 nitrogen and oxygen atoms in total. The molecule has 0 aliphatic carbocycles. The minimum atomic E-state index is -3.47. The molecule has 2 aromatic rings. The zero-order valence-electron chi connectivity index (χ0n) is 11.1. The Labute approximate surface area is 121 Å². The van der Waals surface area contributed by atoms with E-state index in [-0.39, 0.29) is 10.8 Å². The van der Waals surface area contributed by atoms with Gasteiger partial charge < -0.3 is 5.11 Å². The molecule has 0 bridgehead atoms. The number of rotatable bonds is 7. The third-order valence-corrected chi connectivity index (χ3v) is 5.88. The summed E-state index contributed by atoms with van der Waals surface area (Å²) in [5, 5.41) is 17.4. The standard InChI is InChI=1S/C12H17N3O3S2/c1-9-11(6-13-15-9)3-2-4-14-20(17,18)12-5-10(7-16)8-19-12/h5-6,8,14,16H,2-4,7H2,1H3,(H,13,15). The molecule has 2 aromatic heterocycles. The first-order valence-electron chi connectivity index (χ1n) is 6.19. The zero-order chi connectivity index (χ0) is 14.6. The van der Waals surface area contributed by atoms with E-state index >= 15 is 0 Å². The monoisotopic (exact) mass is 315 g/mol. The molecule has 0 aromatic carbocycles. The summed E-state index contributed by atoms with van der Waals surface area (Å²) < 4.78 is 26.8. The van der Waals surface area contributed by atoms with Gasteiger partial charge in [-0.2, -0.15) is 5.10 Å². The van der Waals surface area contributed by atoms with Crippen LogP contribution < -0.4 is 4.72 Å². The fraction of sp³-hybridized carbons (Fsp3) is 0.417. The van der Waals surface area contributed by atoms with Crippen LogP contribution >= 0.6 is 11.3 Å². The van der Waals surface area contributed by atoms with E-state index in [1.54, 1.807) is 11.6 Å². The number of aryl methyl sites for hydroxylation is 2. The molecule has 0 radical (unpaired) electrons. The molecule has 0 aliphatic rings. The van der Waals surface area contributed by atoms with Gasteiger partial charge in [0.15, 0.2) is 0 Å². The van der Waals surface area contributed by atoms with E-state index in [0.29, 0.717) is 18.5 Å². The topological polar surface area (TPSA) is 95.1 Å². The maximum Gasteiger partial charge on any atom is 0.250 e. The van der Waals surface area contributed by atoms with Gasteiger partial charge in [-0.1, -0.05) is 0 Å². The molecule has 0 unspecified atom stereocenters. The highest BCUT2D eigenvalue weighted by Gasteiger charge is 2.15. The molecule has 0 atom stereocenters. The molecular weight excluding hydrogens is 298 g/mol. The van der Waals surface area contributed by atoms with E-state index in [9.17, 15) is 8.42 Å². The van der Waals surface area contributed by atoms with Gasteiger partial charge in [-0.25, -0.2) is 13.1 Å². The van der Waals surface area contributed by atoms with Crippen molar-refractivity contribution in [3.63, 3.8) is 0 Å². The zero-order valence-corrected chi connectivity index (χ0v) is 12.7. The Kier molecular flexibility index (Phi) is 4.92. The van der Waals surface area contributed by atoms with E-state index in [4.69, 9.17) is 5.11 Å². The second-order valence-electron chi connectivity index (χ2n) is 4.45. The maximum atomic E-state index is 12.0. The number of hydrogen-bond acceptors (Lipinski definition) is 5. The van der Waals surface area contributed by atoms with Gasteiger partial charge in [0.1, 0.15) is 4.21 Å². The highest BCUT2D eigenvalue weighted by atomic mass is 32.2. The maximum absolute atomic E-state index is 12.0. The fourth-order valence-electron chi connectivity index (χ4n) is 1.76.